The SMILES string of the molecule is NCC1CCC(C(=O)N2CC[C@@H](C3CCCCC3)[C@H]2C(=O)Cc2ccc3oc(C(=O)O)cc3c2)CC1. The van der Waals surface area contributed by atoms with Gasteiger partial charge in [-0.15, -0.1) is 0 Å². The van der Waals surface area contributed by atoms with Crippen molar-refractivity contribution in [1.29, 1.82) is 0 Å². The van der Waals surface area contributed by atoms with Crippen LogP contribution in [0.3, 0.4) is 0 Å². The van der Waals surface area contributed by atoms with Gasteiger partial charge < -0.3 is 20.2 Å². The van der Waals surface area contributed by atoms with E-state index in [-0.39, 0.29) is 41.7 Å². The largest absolute Gasteiger partial charge is 0.475 e. The van der Waals surface area contributed by atoms with Crippen LogP contribution in [0.15, 0.2) is 28.7 Å². The lowest BCUT2D eigenvalue weighted by molar-refractivity contribution is -0.143. The molecule has 1 aromatic carbocycles. The van der Waals surface area contributed by atoms with Crippen LogP contribution in [-0.2, 0) is 16.0 Å². The Bertz CT molecular complexity index is 1110. The lowest BCUT2D eigenvalue weighted by Gasteiger charge is -2.36. The number of nitrogens with zero attached hydrogens (tertiary/aromatic N) is 1. The second-order valence-electron chi connectivity index (χ2n) is 11.2. The van der Waals surface area contributed by atoms with Crippen LogP contribution in [0.5, 0.6) is 0 Å². The van der Waals surface area contributed by atoms with Crippen LogP contribution in [0.4, 0.5) is 0 Å². The number of Topliss-reactive ketones (excluding diaryl/α,β-unsaturated/α-hetero) is 1. The van der Waals surface area contributed by atoms with Crippen molar-refractivity contribution >= 4 is 28.6 Å². The zero-order chi connectivity index (χ0) is 25.2. The van der Waals surface area contributed by atoms with Gasteiger partial charge in [-0.25, -0.2) is 4.79 Å². The summed E-state index contributed by atoms with van der Waals surface area (Å²) in [6.07, 6.45) is 10.9. The Morgan fingerprint density at radius 1 is 0.972 bits per heavy atom. The van der Waals surface area contributed by atoms with E-state index in [4.69, 9.17) is 10.2 Å². The zero-order valence-corrected chi connectivity index (χ0v) is 21.0. The number of carboxylic acids is 1. The number of amides is 1. The molecule has 3 N–H and O–H groups in total. The quantitative estimate of drug-likeness (QED) is 0.571. The lowest BCUT2D eigenvalue weighted by Crippen LogP contribution is -2.48. The number of fused-ring (bicyclic) bond motifs is 1. The Kier molecular flexibility index (Phi) is 7.47. The summed E-state index contributed by atoms with van der Waals surface area (Å²) in [6.45, 7) is 1.36. The molecule has 7 heteroatoms. The summed E-state index contributed by atoms with van der Waals surface area (Å²) in [5, 5.41) is 9.90. The van der Waals surface area contributed by atoms with Crippen molar-refractivity contribution < 1.29 is 23.9 Å². The topological polar surface area (TPSA) is 114 Å². The Morgan fingerprint density at radius 2 is 1.72 bits per heavy atom. The molecule has 36 heavy (non-hydrogen) atoms. The van der Waals surface area contributed by atoms with Crippen molar-refractivity contribution in [3.63, 3.8) is 0 Å². The number of rotatable bonds is 7. The first-order valence-electron chi connectivity index (χ1n) is 13.7. The van der Waals surface area contributed by atoms with Crippen LogP contribution in [-0.4, -0.2) is 46.8 Å². The maximum atomic E-state index is 13.9. The number of nitrogens with two attached hydrogens (primary N) is 1. The van der Waals surface area contributed by atoms with Crippen LogP contribution < -0.4 is 5.73 Å². The number of hydrogen-bond donors (Lipinski definition) is 2. The third-order valence-corrected chi connectivity index (χ3v) is 9.01. The average molecular weight is 495 g/mol. The molecule has 1 aromatic heterocycles. The van der Waals surface area contributed by atoms with Crippen molar-refractivity contribution in [2.24, 2.45) is 29.4 Å². The van der Waals surface area contributed by atoms with Crippen molar-refractivity contribution in [1.82, 2.24) is 4.90 Å². The van der Waals surface area contributed by atoms with Gasteiger partial charge in [0, 0.05) is 24.3 Å². The molecule has 3 aliphatic rings. The maximum absolute atomic E-state index is 13.9. The molecule has 2 aliphatic carbocycles. The average Bonchev–Trinajstić information content (AvgIpc) is 3.54. The third-order valence-electron chi connectivity index (χ3n) is 9.01. The highest BCUT2D eigenvalue weighted by molar-refractivity contribution is 5.94. The van der Waals surface area contributed by atoms with E-state index in [0.29, 0.717) is 35.9 Å². The van der Waals surface area contributed by atoms with Crippen LogP contribution in [0.1, 0.15) is 80.3 Å². The minimum atomic E-state index is -1.11. The fourth-order valence-corrected chi connectivity index (χ4v) is 7.03. The fraction of sp³-hybridized carbons (Fsp3) is 0.621. The molecule has 0 unspecified atom stereocenters. The molecular weight excluding hydrogens is 456 g/mol. The Balaban J connectivity index is 1.36. The van der Waals surface area contributed by atoms with Gasteiger partial charge in [-0.2, -0.15) is 0 Å². The molecule has 194 valence electrons. The van der Waals surface area contributed by atoms with Gasteiger partial charge in [0.15, 0.2) is 5.78 Å². The summed E-state index contributed by atoms with van der Waals surface area (Å²) in [5.41, 5.74) is 7.18. The molecule has 1 saturated heterocycles. The van der Waals surface area contributed by atoms with Crippen molar-refractivity contribution in [3.05, 3.63) is 35.6 Å². The predicted octanol–water partition coefficient (Wildman–Crippen LogP) is 4.81. The Labute approximate surface area is 212 Å². The fourth-order valence-electron chi connectivity index (χ4n) is 7.03. The number of carbonyl (C=O) groups is 3. The van der Waals surface area contributed by atoms with Crippen LogP contribution in [0, 0.1) is 23.7 Å². The van der Waals surface area contributed by atoms with Crippen molar-refractivity contribution in [3.8, 4) is 0 Å². The van der Waals surface area contributed by atoms with Crippen LogP contribution in [0.2, 0.25) is 0 Å². The minimum absolute atomic E-state index is 0.00456. The van der Waals surface area contributed by atoms with Gasteiger partial charge in [0.1, 0.15) is 5.58 Å². The normalized spacial score (nSPS) is 27.4. The lowest BCUT2D eigenvalue weighted by atomic mass is 9.75. The molecule has 2 heterocycles. The number of likely N-dealkylation sites (tertiary alicyclic amines) is 1. The molecule has 0 bridgehead atoms. The zero-order valence-electron chi connectivity index (χ0n) is 21.0. The molecule has 2 saturated carbocycles. The molecule has 2 atom stereocenters. The molecule has 0 radical (unpaired) electrons. The molecule has 1 aliphatic heterocycles. The van der Waals surface area contributed by atoms with E-state index in [1.807, 2.05) is 17.0 Å². The first-order chi connectivity index (χ1) is 17.4. The number of furan rings is 1. The molecule has 5 rings (SSSR count). The van der Waals surface area contributed by atoms with E-state index in [9.17, 15) is 19.5 Å². The number of aromatic carboxylic acids is 1. The molecule has 1 amide bonds. The van der Waals surface area contributed by atoms with E-state index in [0.717, 1.165) is 50.5 Å². The molecule has 7 nitrogen and oxygen atoms in total. The summed E-state index contributed by atoms with van der Waals surface area (Å²) in [5.74, 6) is 0.310. The monoisotopic (exact) mass is 494 g/mol. The standard InChI is InChI=1S/C29H38N2O5/c30-17-18-6-9-21(10-7-18)28(33)31-13-12-23(20-4-2-1-3-5-20)27(31)24(32)15-19-8-11-25-22(14-19)16-26(36-25)29(34)35/h8,11,14,16,18,20-21,23,27H,1-7,9-10,12-13,15,17,30H2,(H,34,35)/t18?,21?,23-,27-/m0/s1. The number of carboxylic acid groups (broad SMARTS) is 1. The smallest absolute Gasteiger partial charge is 0.371 e. The summed E-state index contributed by atoms with van der Waals surface area (Å²) >= 11 is 0. The second kappa shape index (κ2) is 10.8. The minimum Gasteiger partial charge on any atom is -0.475 e. The molecule has 0 spiro atoms. The summed E-state index contributed by atoms with van der Waals surface area (Å²) in [6, 6.07) is 6.55. The first-order valence-corrected chi connectivity index (χ1v) is 13.7. The number of carbonyl (C=O) groups excluding carboxylic acids is 2. The van der Waals surface area contributed by atoms with E-state index in [2.05, 4.69) is 0 Å². The van der Waals surface area contributed by atoms with E-state index in [1.165, 1.54) is 25.3 Å². The second-order valence-corrected chi connectivity index (χ2v) is 11.2. The van der Waals surface area contributed by atoms with E-state index >= 15 is 0 Å². The maximum Gasteiger partial charge on any atom is 0.371 e. The first kappa shape index (κ1) is 25.0. The van der Waals surface area contributed by atoms with Gasteiger partial charge >= 0.3 is 5.97 Å². The van der Waals surface area contributed by atoms with Gasteiger partial charge in [-0.1, -0.05) is 38.2 Å². The third kappa shape index (κ3) is 5.08. The van der Waals surface area contributed by atoms with Gasteiger partial charge in [0.05, 0.1) is 6.04 Å². The number of ketones is 1. The van der Waals surface area contributed by atoms with Crippen molar-refractivity contribution in [2.75, 3.05) is 13.1 Å². The van der Waals surface area contributed by atoms with Gasteiger partial charge in [-0.05, 0) is 80.2 Å². The summed E-state index contributed by atoms with van der Waals surface area (Å²) in [4.78, 5) is 40.8. The Hall–Kier alpha value is -2.67. The van der Waals surface area contributed by atoms with Crippen LogP contribution >= 0.6 is 0 Å². The highest BCUT2D eigenvalue weighted by atomic mass is 16.4. The van der Waals surface area contributed by atoms with E-state index < -0.39 is 5.97 Å². The summed E-state index contributed by atoms with van der Waals surface area (Å²) in [7, 11) is 0. The molecular formula is C29H38N2O5. The molecule has 2 aromatic rings. The van der Waals surface area contributed by atoms with Gasteiger partial charge in [0.2, 0.25) is 11.7 Å². The number of benzene rings is 1. The molecule has 3 fully saturated rings. The van der Waals surface area contributed by atoms with E-state index in [1.54, 1.807) is 6.07 Å². The van der Waals surface area contributed by atoms with Gasteiger partial charge in [-0.3, -0.25) is 9.59 Å². The predicted molar refractivity (Wildman–Crippen MR) is 137 cm³/mol. The van der Waals surface area contributed by atoms with Crippen molar-refractivity contribution in [2.45, 2.75) is 76.7 Å². The van der Waals surface area contributed by atoms with Gasteiger partial charge in [0.25, 0.3) is 0 Å². The number of hydrogen-bond acceptors (Lipinski definition) is 5. The highest BCUT2D eigenvalue weighted by Gasteiger charge is 2.46. The highest BCUT2D eigenvalue weighted by Crippen LogP contribution is 2.41. The van der Waals surface area contributed by atoms with Crippen LogP contribution in [0.25, 0.3) is 11.0 Å². The summed E-state index contributed by atoms with van der Waals surface area (Å²) < 4.78 is 5.37. The Morgan fingerprint density at radius 3 is 2.42 bits per heavy atom.